The molecule has 0 atom stereocenters. The first-order valence-corrected chi connectivity index (χ1v) is 6.04. The van der Waals surface area contributed by atoms with Crippen LogP contribution in [0.3, 0.4) is 0 Å². The maximum absolute atomic E-state index is 12.8. The molecule has 0 amide bonds. The zero-order valence-corrected chi connectivity index (χ0v) is 9.17. The van der Waals surface area contributed by atoms with Gasteiger partial charge in [-0.3, -0.25) is 0 Å². The predicted molar refractivity (Wildman–Crippen MR) is 59.4 cm³/mol. The third kappa shape index (κ3) is 2.41. The Morgan fingerprint density at radius 3 is 2.86 bits per heavy atom. The highest BCUT2D eigenvalue weighted by atomic mass is 35.5. The molecule has 0 saturated carbocycles. The van der Waals surface area contributed by atoms with Crippen molar-refractivity contribution in [2.45, 2.75) is 12.6 Å². The summed E-state index contributed by atoms with van der Waals surface area (Å²) < 4.78 is 12.8. The van der Waals surface area contributed by atoms with Crippen LogP contribution in [0.2, 0.25) is 5.02 Å². The van der Waals surface area contributed by atoms with Crippen LogP contribution in [0.25, 0.3) is 0 Å². The minimum atomic E-state index is -0.352. The first kappa shape index (κ1) is 10.3. The van der Waals surface area contributed by atoms with Crippen LogP contribution in [0.1, 0.15) is 5.56 Å². The summed E-state index contributed by atoms with van der Waals surface area (Å²) in [7, 11) is 0. The lowest BCUT2D eigenvalue weighted by molar-refractivity contribution is 0.581. The third-order valence-corrected chi connectivity index (χ3v) is 3.78. The summed E-state index contributed by atoms with van der Waals surface area (Å²) >= 11 is 7.61. The van der Waals surface area contributed by atoms with Crippen LogP contribution >= 0.6 is 23.4 Å². The SMILES string of the molecule is Fc1ccc(CNC2CSC2)cc1Cl. The van der Waals surface area contributed by atoms with Crippen molar-refractivity contribution in [3.8, 4) is 0 Å². The monoisotopic (exact) mass is 231 g/mol. The van der Waals surface area contributed by atoms with Crippen LogP contribution in [0.15, 0.2) is 18.2 Å². The van der Waals surface area contributed by atoms with E-state index >= 15 is 0 Å². The molecule has 0 spiro atoms. The first-order valence-electron chi connectivity index (χ1n) is 4.51. The number of hydrogen-bond acceptors (Lipinski definition) is 2. The third-order valence-electron chi connectivity index (χ3n) is 2.22. The van der Waals surface area contributed by atoms with Gasteiger partial charge in [0, 0.05) is 24.1 Å². The standard InChI is InChI=1S/C10H11ClFNS/c11-9-3-7(1-2-10(9)12)4-13-8-5-14-6-8/h1-3,8,13H,4-6H2. The van der Waals surface area contributed by atoms with E-state index in [1.165, 1.54) is 17.6 Å². The van der Waals surface area contributed by atoms with Gasteiger partial charge >= 0.3 is 0 Å². The number of hydrogen-bond donors (Lipinski definition) is 1. The van der Waals surface area contributed by atoms with E-state index in [0.717, 1.165) is 12.1 Å². The molecule has 1 aromatic carbocycles. The highest BCUT2D eigenvalue weighted by Gasteiger charge is 2.16. The predicted octanol–water partition coefficient (Wildman–Crippen LogP) is 2.68. The fourth-order valence-corrected chi connectivity index (χ4v) is 2.18. The maximum Gasteiger partial charge on any atom is 0.141 e. The van der Waals surface area contributed by atoms with Crippen molar-refractivity contribution in [1.29, 1.82) is 0 Å². The zero-order valence-electron chi connectivity index (χ0n) is 7.59. The Kier molecular flexibility index (Phi) is 3.31. The lowest BCUT2D eigenvalue weighted by Crippen LogP contribution is -2.39. The van der Waals surface area contributed by atoms with Gasteiger partial charge in [-0.2, -0.15) is 11.8 Å². The average Bonchev–Trinajstić information content (AvgIpc) is 2.08. The Balaban J connectivity index is 1.91. The molecule has 76 valence electrons. The summed E-state index contributed by atoms with van der Waals surface area (Å²) in [4.78, 5) is 0. The van der Waals surface area contributed by atoms with Crippen LogP contribution in [-0.2, 0) is 6.54 Å². The number of halogens is 2. The molecule has 0 radical (unpaired) electrons. The molecule has 0 unspecified atom stereocenters. The molecule has 0 aromatic heterocycles. The van der Waals surface area contributed by atoms with Crippen LogP contribution in [-0.4, -0.2) is 17.5 Å². The van der Waals surface area contributed by atoms with E-state index in [4.69, 9.17) is 11.6 Å². The fraction of sp³-hybridized carbons (Fsp3) is 0.400. The maximum atomic E-state index is 12.8. The summed E-state index contributed by atoms with van der Waals surface area (Å²) in [6.07, 6.45) is 0. The Labute approximate surface area is 92.0 Å². The van der Waals surface area contributed by atoms with Crippen molar-refractivity contribution in [2.75, 3.05) is 11.5 Å². The van der Waals surface area contributed by atoms with Gasteiger partial charge in [0.05, 0.1) is 5.02 Å². The minimum absolute atomic E-state index is 0.201. The van der Waals surface area contributed by atoms with E-state index in [2.05, 4.69) is 5.32 Å². The summed E-state index contributed by atoms with van der Waals surface area (Å²) in [6.45, 7) is 0.769. The first-order chi connectivity index (χ1) is 6.75. The van der Waals surface area contributed by atoms with Gasteiger partial charge in [0.1, 0.15) is 5.82 Å². The molecular weight excluding hydrogens is 221 g/mol. The van der Waals surface area contributed by atoms with Crippen molar-refractivity contribution in [3.05, 3.63) is 34.6 Å². The van der Waals surface area contributed by atoms with Crippen LogP contribution < -0.4 is 5.32 Å². The Morgan fingerprint density at radius 1 is 1.50 bits per heavy atom. The lowest BCUT2D eigenvalue weighted by atomic mass is 10.2. The molecule has 1 N–H and O–H groups in total. The molecule has 14 heavy (non-hydrogen) atoms. The number of nitrogens with one attached hydrogen (secondary N) is 1. The highest BCUT2D eigenvalue weighted by Crippen LogP contribution is 2.19. The molecule has 2 rings (SSSR count). The van der Waals surface area contributed by atoms with Crippen molar-refractivity contribution < 1.29 is 4.39 Å². The van der Waals surface area contributed by atoms with E-state index in [1.54, 1.807) is 12.1 Å². The topological polar surface area (TPSA) is 12.0 Å². The summed E-state index contributed by atoms with van der Waals surface area (Å²) in [5.74, 6) is 2.00. The van der Waals surface area contributed by atoms with E-state index in [-0.39, 0.29) is 10.8 Å². The van der Waals surface area contributed by atoms with E-state index in [0.29, 0.717) is 6.04 Å². The number of benzene rings is 1. The molecule has 0 aliphatic carbocycles. The molecule has 1 aromatic rings. The van der Waals surface area contributed by atoms with Gasteiger partial charge in [-0.15, -0.1) is 0 Å². The Bertz CT molecular complexity index is 328. The van der Waals surface area contributed by atoms with Gasteiger partial charge in [0.25, 0.3) is 0 Å². The van der Waals surface area contributed by atoms with Gasteiger partial charge in [-0.1, -0.05) is 17.7 Å². The van der Waals surface area contributed by atoms with Crippen LogP contribution in [0, 0.1) is 5.82 Å². The molecule has 0 bridgehead atoms. The van der Waals surface area contributed by atoms with E-state index in [1.807, 2.05) is 11.8 Å². The number of rotatable bonds is 3. The fourth-order valence-electron chi connectivity index (χ4n) is 1.27. The normalized spacial score (nSPS) is 16.7. The van der Waals surface area contributed by atoms with E-state index < -0.39 is 0 Å². The lowest BCUT2D eigenvalue weighted by Gasteiger charge is -2.26. The molecular formula is C10H11ClFNS. The number of thioether (sulfide) groups is 1. The minimum Gasteiger partial charge on any atom is -0.308 e. The Morgan fingerprint density at radius 2 is 2.29 bits per heavy atom. The zero-order chi connectivity index (χ0) is 9.97. The molecule has 1 saturated heterocycles. The van der Waals surface area contributed by atoms with Gasteiger partial charge in [-0.05, 0) is 17.7 Å². The van der Waals surface area contributed by atoms with Crippen LogP contribution in [0.5, 0.6) is 0 Å². The van der Waals surface area contributed by atoms with Crippen molar-refractivity contribution in [3.63, 3.8) is 0 Å². The van der Waals surface area contributed by atoms with Gasteiger partial charge in [0.15, 0.2) is 0 Å². The quantitative estimate of drug-likeness (QED) is 0.859. The summed E-state index contributed by atoms with van der Waals surface area (Å²) in [6, 6.07) is 5.47. The molecule has 1 nitrogen and oxygen atoms in total. The van der Waals surface area contributed by atoms with Gasteiger partial charge in [0.2, 0.25) is 0 Å². The molecule has 1 aliphatic rings. The van der Waals surface area contributed by atoms with Crippen molar-refractivity contribution >= 4 is 23.4 Å². The molecule has 1 fully saturated rings. The van der Waals surface area contributed by atoms with Crippen molar-refractivity contribution in [1.82, 2.24) is 5.32 Å². The Hall–Kier alpha value is -0.250. The molecule has 4 heteroatoms. The molecule has 1 heterocycles. The smallest absolute Gasteiger partial charge is 0.141 e. The van der Waals surface area contributed by atoms with Gasteiger partial charge in [-0.25, -0.2) is 4.39 Å². The van der Waals surface area contributed by atoms with E-state index in [9.17, 15) is 4.39 Å². The van der Waals surface area contributed by atoms with Crippen LogP contribution in [0.4, 0.5) is 4.39 Å². The summed E-state index contributed by atoms with van der Waals surface area (Å²) in [5.41, 5.74) is 1.04. The second-order valence-electron chi connectivity index (χ2n) is 3.36. The largest absolute Gasteiger partial charge is 0.308 e. The molecule has 1 aliphatic heterocycles. The second kappa shape index (κ2) is 4.51. The van der Waals surface area contributed by atoms with Crippen molar-refractivity contribution in [2.24, 2.45) is 0 Å². The second-order valence-corrected chi connectivity index (χ2v) is 4.85. The van der Waals surface area contributed by atoms with Gasteiger partial charge < -0.3 is 5.32 Å². The average molecular weight is 232 g/mol. The summed E-state index contributed by atoms with van der Waals surface area (Å²) in [5, 5.41) is 3.58. The highest BCUT2D eigenvalue weighted by molar-refractivity contribution is 8.00.